The van der Waals surface area contributed by atoms with Gasteiger partial charge in [-0.25, -0.2) is 9.48 Å². The van der Waals surface area contributed by atoms with E-state index in [0.717, 1.165) is 85.0 Å². The average molecular weight is 565 g/mol. The van der Waals surface area contributed by atoms with E-state index in [2.05, 4.69) is 23.6 Å². The van der Waals surface area contributed by atoms with Crippen molar-refractivity contribution in [2.75, 3.05) is 19.8 Å². The number of rotatable bonds is 8. The Kier molecular flexibility index (Phi) is 8.97. The minimum absolute atomic E-state index is 0.0311. The van der Waals surface area contributed by atoms with Gasteiger partial charge in [0.1, 0.15) is 11.8 Å². The minimum atomic E-state index is -0.657. The summed E-state index contributed by atoms with van der Waals surface area (Å²) in [6, 6.07) is 8.18. The molecule has 5 rings (SSSR count). The third-order valence-corrected chi connectivity index (χ3v) is 7.64. The van der Waals surface area contributed by atoms with Crippen LogP contribution < -0.4 is 5.32 Å². The van der Waals surface area contributed by atoms with Gasteiger partial charge in [0.2, 0.25) is 0 Å². The van der Waals surface area contributed by atoms with Gasteiger partial charge in [0.15, 0.2) is 6.29 Å². The third kappa shape index (κ3) is 7.45. The molecule has 2 fully saturated rings. The standard InChI is InChI=1S/C32H44N4O5/c1-31(2,3)41-30(37)34-32(4,5)22-12-14-26(33-20-22)24-13-15-27-25(21-36(35-27)28-10-6-8-17-38-28)23(24)16-19-40-29-11-7-9-18-39-29/h12-15,20-21,28-29H,6-11,16-19H2,1-5H3,(H,34,37). The maximum Gasteiger partial charge on any atom is 0.408 e. The Morgan fingerprint density at radius 1 is 1.02 bits per heavy atom. The lowest BCUT2D eigenvalue weighted by molar-refractivity contribution is -0.161. The van der Waals surface area contributed by atoms with Crippen molar-refractivity contribution in [1.82, 2.24) is 20.1 Å². The number of ether oxygens (including phenoxy) is 4. The first-order chi connectivity index (χ1) is 19.6. The highest BCUT2D eigenvalue weighted by molar-refractivity contribution is 5.88. The number of benzene rings is 1. The molecule has 0 radical (unpaired) electrons. The maximum absolute atomic E-state index is 12.4. The largest absolute Gasteiger partial charge is 0.444 e. The van der Waals surface area contributed by atoms with Crippen LogP contribution in [0.15, 0.2) is 36.7 Å². The number of fused-ring (bicyclic) bond motifs is 1. The first kappa shape index (κ1) is 29.5. The molecule has 1 amide bonds. The molecule has 0 aliphatic carbocycles. The highest BCUT2D eigenvalue weighted by Crippen LogP contribution is 2.33. The predicted octanol–water partition coefficient (Wildman–Crippen LogP) is 6.64. The molecule has 0 spiro atoms. The Morgan fingerprint density at radius 2 is 1.80 bits per heavy atom. The summed E-state index contributed by atoms with van der Waals surface area (Å²) in [6.45, 7) is 11.5. The summed E-state index contributed by atoms with van der Waals surface area (Å²) in [6.07, 6.45) is 10.4. The molecule has 2 unspecified atom stereocenters. The van der Waals surface area contributed by atoms with Crippen LogP contribution in [-0.2, 0) is 30.9 Å². The molecular weight excluding hydrogens is 520 g/mol. The van der Waals surface area contributed by atoms with Crippen molar-refractivity contribution in [2.45, 2.75) is 103 Å². The normalized spacial score (nSPS) is 20.2. The van der Waals surface area contributed by atoms with Crippen LogP contribution in [0.5, 0.6) is 0 Å². The molecule has 0 bridgehead atoms. The van der Waals surface area contributed by atoms with Crippen molar-refractivity contribution < 1.29 is 23.7 Å². The van der Waals surface area contributed by atoms with E-state index in [0.29, 0.717) is 13.0 Å². The van der Waals surface area contributed by atoms with Gasteiger partial charge in [0.25, 0.3) is 0 Å². The van der Waals surface area contributed by atoms with Crippen LogP contribution in [0.4, 0.5) is 4.79 Å². The molecule has 2 saturated heterocycles. The zero-order valence-electron chi connectivity index (χ0n) is 25.1. The van der Waals surface area contributed by atoms with Gasteiger partial charge >= 0.3 is 6.09 Å². The molecule has 3 aromatic rings. The number of pyridine rings is 1. The molecule has 2 aliphatic heterocycles. The van der Waals surface area contributed by atoms with Crippen molar-refractivity contribution >= 4 is 17.0 Å². The third-order valence-electron chi connectivity index (χ3n) is 7.64. The van der Waals surface area contributed by atoms with Gasteiger partial charge in [-0.05, 0) is 103 Å². The molecule has 41 heavy (non-hydrogen) atoms. The van der Waals surface area contributed by atoms with Crippen LogP contribution in [0.3, 0.4) is 0 Å². The Hall–Kier alpha value is -3.01. The van der Waals surface area contributed by atoms with E-state index in [9.17, 15) is 4.79 Å². The number of amides is 1. The summed E-state index contributed by atoms with van der Waals surface area (Å²) in [5, 5.41) is 8.93. The molecular formula is C32H44N4O5. The van der Waals surface area contributed by atoms with Crippen LogP contribution in [-0.4, -0.2) is 52.6 Å². The van der Waals surface area contributed by atoms with E-state index in [1.54, 1.807) is 0 Å². The van der Waals surface area contributed by atoms with Gasteiger partial charge in [-0.15, -0.1) is 0 Å². The molecule has 9 heteroatoms. The summed E-state index contributed by atoms with van der Waals surface area (Å²) in [7, 11) is 0. The zero-order valence-corrected chi connectivity index (χ0v) is 25.1. The van der Waals surface area contributed by atoms with Crippen LogP contribution >= 0.6 is 0 Å². The van der Waals surface area contributed by atoms with Crippen LogP contribution in [0.25, 0.3) is 22.2 Å². The van der Waals surface area contributed by atoms with E-state index in [1.165, 1.54) is 0 Å². The number of carbonyl (C=O) groups excluding carboxylic acids is 1. The first-order valence-electron chi connectivity index (χ1n) is 14.9. The van der Waals surface area contributed by atoms with E-state index < -0.39 is 17.2 Å². The monoisotopic (exact) mass is 564 g/mol. The number of hydrogen-bond acceptors (Lipinski definition) is 7. The highest BCUT2D eigenvalue weighted by Gasteiger charge is 2.27. The SMILES string of the molecule is CC(C)(C)OC(=O)NC(C)(C)c1ccc(-c2ccc3nn(C4CCCCO4)cc3c2CCOC2CCCCO2)nc1. The molecule has 2 aliphatic rings. The second-order valence-electron chi connectivity index (χ2n) is 12.6. The van der Waals surface area contributed by atoms with Gasteiger partial charge in [0, 0.05) is 36.6 Å². The second kappa shape index (κ2) is 12.5. The fraction of sp³-hybridized carbons (Fsp3) is 0.594. The number of hydrogen-bond donors (Lipinski definition) is 1. The highest BCUT2D eigenvalue weighted by atomic mass is 16.7. The van der Waals surface area contributed by atoms with Crippen LogP contribution in [0, 0.1) is 0 Å². The number of aromatic nitrogens is 3. The summed E-state index contributed by atoms with van der Waals surface area (Å²) >= 11 is 0. The molecule has 0 saturated carbocycles. The number of carbonyl (C=O) groups is 1. The quantitative estimate of drug-likeness (QED) is 0.327. The molecule has 222 valence electrons. The Bertz CT molecular complexity index is 1320. The van der Waals surface area contributed by atoms with Gasteiger partial charge in [-0.3, -0.25) is 4.98 Å². The van der Waals surface area contributed by atoms with Crippen molar-refractivity contribution in [2.24, 2.45) is 0 Å². The van der Waals surface area contributed by atoms with Crippen molar-refractivity contribution in [1.29, 1.82) is 0 Å². The van der Waals surface area contributed by atoms with Gasteiger partial charge in [-0.1, -0.05) is 12.1 Å². The van der Waals surface area contributed by atoms with Gasteiger partial charge in [0.05, 0.1) is 23.4 Å². The Morgan fingerprint density at radius 3 is 2.46 bits per heavy atom. The Balaban J connectivity index is 1.41. The number of alkyl carbamates (subject to hydrolysis) is 1. The van der Waals surface area contributed by atoms with Crippen LogP contribution in [0.1, 0.15) is 90.5 Å². The van der Waals surface area contributed by atoms with Gasteiger partial charge < -0.3 is 24.3 Å². The molecule has 4 heterocycles. The lowest BCUT2D eigenvalue weighted by Gasteiger charge is -2.29. The van der Waals surface area contributed by atoms with Crippen molar-refractivity contribution in [3.8, 4) is 11.3 Å². The first-order valence-corrected chi connectivity index (χ1v) is 14.9. The maximum atomic E-state index is 12.4. The Labute approximate surface area is 242 Å². The molecule has 2 aromatic heterocycles. The van der Waals surface area contributed by atoms with E-state index in [1.807, 2.05) is 57.6 Å². The lowest BCUT2D eigenvalue weighted by Crippen LogP contribution is -2.43. The van der Waals surface area contributed by atoms with Crippen molar-refractivity contribution in [3.05, 3.63) is 47.8 Å². The zero-order chi connectivity index (χ0) is 29.0. The predicted molar refractivity (Wildman–Crippen MR) is 157 cm³/mol. The van der Waals surface area contributed by atoms with Crippen LogP contribution in [0.2, 0.25) is 0 Å². The number of nitrogens with one attached hydrogen (secondary N) is 1. The van der Waals surface area contributed by atoms with Crippen molar-refractivity contribution in [3.63, 3.8) is 0 Å². The topological polar surface area (TPSA) is 96.7 Å². The fourth-order valence-electron chi connectivity index (χ4n) is 5.45. The summed E-state index contributed by atoms with van der Waals surface area (Å²) < 4.78 is 25.4. The molecule has 2 atom stereocenters. The lowest BCUT2D eigenvalue weighted by atomic mass is 9.94. The summed E-state index contributed by atoms with van der Waals surface area (Å²) in [5.74, 6) is 0. The van der Waals surface area contributed by atoms with E-state index in [-0.39, 0.29) is 12.5 Å². The molecule has 1 aromatic carbocycles. The second-order valence-corrected chi connectivity index (χ2v) is 12.6. The average Bonchev–Trinajstić information content (AvgIpc) is 3.38. The van der Waals surface area contributed by atoms with E-state index in [4.69, 9.17) is 29.0 Å². The summed E-state index contributed by atoms with van der Waals surface area (Å²) in [5.41, 5.74) is 3.64. The molecule has 9 nitrogen and oxygen atoms in total. The smallest absolute Gasteiger partial charge is 0.408 e. The van der Waals surface area contributed by atoms with Gasteiger partial charge in [-0.2, -0.15) is 5.10 Å². The van der Waals surface area contributed by atoms with E-state index >= 15 is 0 Å². The fourth-order valence-corrected chi connectivity index (χ4v) is 5.45. The molecule has 1 N–H and O–H groups in total. The number of nitrogens with zero attached hydrogens (tertiary/aromatic N) is 3. The minimum Gasteiger partial charge on any atom is -0.444 e. The summed E-state index contributed by atoms with van der Waals surface area (Å²) in [4.78, 5) is 17.3.